The van der Waals surface area contributed by atoms with Gasteiger partial charge in [-0.25, -0.2) is 4.98 Å². The summed E-state index contributed by atoms with van der Waals surface area (Å²) < 4.78 is 2.27. The lowest BCUT2D eigenvalue weighted by molar-refractivity contribution is 0.0753. The van der Waals surface area contributed by atoms with Crippen LogP contribution in [0.3, 0.4) is 0 Å². The third-order valence-corrected chi connectivity index (χ3v) is 7.13. The number of amides is 1. The fraction of sp³-hybridized carbons (Fsp3) is 0.684. The number of nitrogens with zero attached hydrogens (tertiary/aromatic N) is 5. The lowest BCUT2D eigenvalue weighted by atomic mass is 9.67. The van der Waals surface area contributed by atoms with Crippen LogP contribution < -0.4 is 0 Å². The Kier molecular flexibility index (Phi) is 4.07. The fourth-order valence-corrected chi connectivity index (χ4v) is 5.50. The number of thiazole rings is 1. The molecular formula is C19H25N5OS. The topological polar surface area (TPSA) is 63.9 Å². The SMILES string of the molecule is O=C(c1cscn1)N1CC(c2nncn2CC2CC2)C2(CCCCC2)C1. The van der Waals surface area contributed by atoms with Gasteiger partial charge in [-0.15, -0.1) is 21.5 Å². The molecule has 0 aromatic carbocycles. The highest BCUT2D eigenvalue weighted by Crippen LogP contribution is 2.52. The van der Waals surface area contributed by atoms with Crippen LogP contribution in [0.25, 0.3) is 0 Å². The molecule has 3 fully saturated rings. The minimum absolute atomic E-state index is 0.0759. The van der Waals surface area contributed by atoms with Crippen molar-refractivity contribution in [1.29, 1.82) is 0 Å². The van der Waals surface area contributed by atoms with Gasteiger partial charge in [0.25, 0.3) is 5.91 Å². The number of carbonyl (C=O) groups is 1. The summed E-state index contributed by atoms with van der Waals surface area (Å²) in [5.41, 5.74) is 2.49. The molecule has 1 spiro atoms. The van der Waals surface area contributed by atoms with Crippen LogP contribution in [0.2, 0.25) is 0 Å². The van der Waals surface area contributed by atoms with Crippen LogP contribution in [-0.2, 0) is 6.54 Å². The van der Waals surface area contributed by atoms with Crippen LogP contribution in [0.5, 0.6) is 0 Å². The maximum absolute atomic E-state index is 12.9. The third kappa shape index (κ3) is 2.86. The number of carbonyl (C=O) groups excluding carboxylic acids is 1. The summed E-state index contributed by atoms with van der Waals surface area (Å²) in [5, 5.41) is 10.7. The predicted molar refractivity (Wildman–Crippen MR) is 99.0 cm³/mol. The summed E-state index contributed by atoms with van der Waals surface area (Å²) in [4.78, 5) is 19.2. The molecule has 0 radical (unpaired) electrons. The summed E-state index contributed by atoms with van der Waals surface area (Å²) in [6, 6.07) is 0. The summed E-state index contributed by atoms with van der Waals surface area (Å²) in [6.07, 6.45) is 10.7. The van der Waals surface area contributed by atoms with Gasteiger partial charge >= 0.3 is 0 Å². The largest absolute Gasteiger partial charge is 0.336 e. The number of hydrogen-bond acceptors (Lipinski definition) is 5. The zero-order chi connectivity index (χ0) is 17.6. The zero-order valence-electron chi connectivity index (χ0n) is 15.0. The Bertz CT molecular complexity index is 776. The Hall–Kier alpha value is -1.76. The molecule has 5 rings (SSSR count). The van der Waals surface area contributed by atoms with Crippen molar-refractivity contribution in [2.45, 2.75) is 57.4 Å². The van der Waals surface area contributed by atoms with E-state index in [1.54, 1.807) is 5.51 Å². The van der Waals surface area contributed by atoms with Crippen molar-refractivity contribution in [2.24, 2.45) is 11.3 Å². The first-order chi connectivity index (χ1) is 12.8. The molecule has 1 aliphatic heterocycles. The van der Waals surface area contributed by atoms with Crippen molar-refractivity contribution in [2.75, 3.05) is 13.1 Å². The average molecular weight is 372 g/mol. The van der Waals surface area contributed by atoms with E-state index < -0.39 is 0 Å². The molecule has 1 atom stereocenters. The van der Waals surface area contributed by atoms with Crippen LogP contribution in [0, 0.1) is 11.3 Å². The van der Waals surface area contributed by atoms with E-state index in [2.05, 4.69) is 19.7 Å². The van der Waals surface area contributed by atoms with Crippen molar-refractivity contribution < 1.29 is 4.79 Å². The van der Waals surface area contributed by atoms with Crippen molar-refractivity contribution in [3.63, 3.8) is 0 Å². The minimum Gasteiger partial charge on any atom is -0.336 e. The molecule has 2 saturated carbocycles. The van der Waals surface area contributed by atoms with Gasteiger partial charge in [0.05, 0.1) is 5.51 Å². The van der Waals surface area contributed by atoms with Gasteiger partial charge in [0, 0.05) is 30.9 Å². The van der Waals surface area contributed by atoms with Gasteiger partial charge in [-0.05, 0) is 37.0 Å². The van der Waals surface area contributed by atoms with E-state index in [4.69, 9.17) is 0 Å². The molecule has 7 heteroatoms. The van der Waals surface area contributed by atoms with E-state index in [1.807, 2.05) is 16.6 Å². The molecule has 2 aromatic rings. The predicted octanol–water partition coefficient (Wildman–Crippen LogP) is 3.33. The Balaban J connectivity index is 1.46. The standard InChI is InChI=1S/C19H25N5OS/c25-18(16-10-26-13-20-16)23-9-15(19(11-23)6-2-1-3-7-19)17-22-21-12-24(17)8-14-4-5-14/h10,12-15H,1-9,11H2. The molecule has 0 N–H and O–H groups in total. The van der Waals surface area contributed by atoms with Gasteiger partial charge in [0.15, 0.2) is 0 Å². The first-order valence-electron chi connectivity index (χ1n) is 9.80. The number of rotatable bonds is 4. The fourth-order valence-electron chi connectivity index (χ4n) is 4.97. The molecule has 138 valence electrons. The smallest absolute Gasteiger partial charge is 0.273 e. The highest BCUT2D eigenvalue weighted by molar-refractivity contribution is 7.07. The Morgan fingerprint density at radius 3 is 2.85 bits per heavy atom. The van der Waals surface area contributed by atoms with E-state index in [0.717, 1.165) is 31.4 Å². The molecule has 2 aromatic heterocycles. The molecule has 0 bridgehead atoms. The second kappa shape index (κ2) is 6.44. The first kappa shape index (κ1) is 16.4. The molecule has 3 heterocycles. The third-order valence-electron chi connectivity index (χ3n) is 6.54. The molecular weight excluding hydrogens is 346 g/mol. The van der Waals surface area contributed by atoms with Gasteiger partial charge in [-0.2, -0.15) is 0 Å². The van der Waals surface area contributed by atoms with Crippen LogP contribution in [0.15, 0.2) is 17.2 Å². The van der Waals surface area contributed by atoms with Gasteiger partial charge in [0.1, 0.15) is 17.8 Å². The van der Waals surface area contributed by atoms with Crippen LogP contribution in [0.4, 0.5) is 0 Å². The second-order valence-corrected chi connectivity index (χ2v) is 9.04. The Labute approximate surface area is 157 Å². The summed E-state index contributed by atoms with van der Waals surface area (Å²) >= 11 is 1.48. The first-order valence-corrected chi connectivity index (χ1v) is 10.7. The van der Waals surface area contributed by atoms with E-state index in [1.165, 1.54) is 56.3 Å². The van der Waals surface area contributed by atoms with E-state index in [9.17, 15) is 4.79 Å². The van der Waals surface area contributed by atoms with Crippen LogP contribution >= 0.6 is 11.3 Å². The molecule has 2 aliphatic carbocycles. The maximum atomic E-state index is 12.9. The second-order valence-electron chi connectivity index (χ2n) is 8.32. The van der Waals surface area contributed by atoms with Crippen molar-refractivity contribution in [3.05, 3.63) is 28.7 Å². The molecule has 1 saturated heterocycles. The summed E-state index contributed by atoms with van der Waals surface area (Å²) in [5.74, 6) is 2.27. The molecule has 1 amide bonds. The molecule has 3 aliphatic rings. The monoisotopic (exact) mass is 371 g/mol. The van der Waals surface area contributed by atoms with Crippen LogP contribution in [-0.4, -0.2) is 43.6 Å². The number of aromatic nitrogens is 4. The van der Waals surface area contributed by atoms with Gasteiger partial charge < -0.3 is 9.47 Å². The van der Waals surface area contributed by atoms with E-state index in [-0.39, 0.29) is 11.3 Å². The quantitative estimate of drug-likeness (QED) is 0.827. The van der Waals surface area contributed by atoms with E-state index in [0.29, 0.717) is 11.6 Å². The average Bonchev–Trinajstić information content (AvgIpc) is 3.05. The molecule has 26 heavy (non-hydrogen) atoms. The van der Waals surface area contributed by atoms with Gasteiger partial charge in [-0.3, -0.25) is 4.79 Å². The van der Waals surface area contributed by atoms with Crippen LogP contribution in [0.1, 0.15) is 67.2 Å². The minimum atomic E-state index is 0.0759. The van der Waals surface area contributed by atoms with Gasteiger partial charge in [0.2, 0.25) is 0 Å². The molecule has 1 unspecified atom stereocenters. The Morgan fingerprint density at radius 2 is 2.12 bits per heavy atom. The molecule has 6 nitrogen and oxygen atoms in total. The Morgan fingerprint density at radius 1 is 1.27 bits per heavy atom. The van der Waals surface area contributed by atoms with Gasteiger partial charge in [-0.1, -0.05) is 19.3 Å². The number of hydrogen-bond donors (Lipinski definition) is 0. The summed E-state index contributed by atoms with van der Waals surface area (Å²) in [6.45, 7) is 2.62. The van der Waals surface area contributed by atoms with Crippen molar-refractivity contribution >= 4 is 17.2 Å². The highest BCUT2D eigenvalue weighted by atomic mass is 32.1. The lowest BCUT2D eigenvalue weighted by Crippen LogP contribution is -2.34. The van der Waals surface area contributed by atoms with E-state index >= 15 is 0 Å². The zero-order valence-corrected chi connectivity index (χ0v) is 15.8. The lowest BCUT2D eigenvalue weighted by Gasteiger charge is -2.37. The summed E-state index contributed by atoms with van der Waals surface area (Å²) in [7, 11) is 0. The maximum Gasteiger partial charge on any atom is 0.273 e. The van der Waals surface area contributed by atoms with Crippen molar-refractivity contribution in [1.82, 2.24) is 24.6 Å². The highest BCUT2D eigenvalue weighted by Gasteiger charge is 2.51. The van der Waals surface area contributed by atoms with Crippen molar-refractivity contribution in [3.8, 4) is 0 Å². The normalized spacial score (nSPS) is 25.1. The number of likely N-dealkylation sites (tertiary alicyclic amines) is 1.